The lowest BCUT2D eigenvalue weighted by Gasteiger charge is -2.17. The first kappa shape index (κ1) is 12.0. The maximum atomic E-state index is 6.24. The predicted octanol–water partition coefficient (Wildman–Crippen LogP) is 3.91. The highest BCUT2D eigenvalue weighted by molar-refractivity contribution is 5.51. The minimum atomic E-state index is 0.541. The number of aryl methyl sites for hydroxylation is 1. The monoisotopic (exact) mass is 265 g/mol. The number of ether oxygens (including phenoxy) is 1. The zero-order chi connectivity index (χ0) is 13.7. The Balaban J connectivity index is 1.93. The first-order valence-corrected chi connectivity index (χ1v) is 7.28. The molecule has 0 aromatic heterocycles. The Bertz CT molecular complexity index is 664. The molecule has 1 fully saturated rings. The molecule has 2 heterocycles. The first-order chi connectivity index (χ1) is 9.72. The fraction of sp³-hybridized carbons (Fsp3) is 0.333. The third kappa shape index (κ3) is 1.75. The second-order valence-corrected chi connectivity index (χ2v) is 6.12. The van der Waals surface area contributed by atoms with E-state index in [1.807, 2.05) is 0 Å². The van der Waals surface area contributed by atoms with Crippen molar-refractivity contribution in [1.82, 2.24) is 4.90 Å². The van der Waals surface area contributed by atoms with E-state index in [0.717, 1.165) is 24.6 Å². The van der Waals surface area contributed by atoms with Crippen LogP contribution in [-0.4, -0.2) is 25.0 Å². The van der Waals surface area contributed by atoms with E-state index < -0.39 is 0 Å². The van der Waals surface area contributed by atoms with Gasteiger partial charge in [-0.25, -0.2) is 0 Å². The van der Waals surface area contributed by atoms with E-state index in [1.54, 1.807) is 0 Å². The van der Waals surface area contributed by atoms with Gasteiger partial charge in [-0.2, -0.15) is 0 Å². The molecule has 20 heavy (non-hydrogen) atoms. The number of para-hydroxylation sites is 1. The van der Waals surface area contributed by atoms with Gasteiger partial charge in [0.1, 0.15) is 11.5 Å². The number of benzene rings is 2. The van der Waals surface area contributed by atoms with E-state index in [0.29, 0.717) is 11.8 Å². The summed E-state index contributed by atoms with van der Waals surface area (Å²) in [5.41, 5.74) is 3.97. The standard InChI is InChI=1S/C18H19NO/c1-12-7-8-14-16-11-19(2)10-15(16)13-5-3-4-6-17(13)20-18(14)9-12/h3-9,15-16H,10-11H2,1-2H3. The molecule has 2 heteroatoms. The van der Waals surface area contributed by atoms with Gasteiger partial charge in [0.25, 0.3) is 0 Å². The number of hydrogen-bond donors (Lipinski definition) is 0. The summed E-state index contributed by atoms with van der Waals surface area (Å²) in [5.74, 6) is 3.15. The highest BCUT2D eigenvalue weighted by atomic mass is 16.5. The average Bonchev–Trinajstić information content (AvgIpc) is 2.76. The SMILES string of the molecule is Cc1ccc2c(c1)Oc1ccccc1C1CN(C)CC21. The van der Waals surface area contributed by atoms with Crippen molar-refractivity contribution in [2.75, 3.05) is 20.1 Å². The molecule has 0 aliphatic carbocycles. The van der Waals surface area contributed by atoms with Crippen LogP contribution in [0.2, 0.25) is 0 Å². The topological polar surface area (TPSA) is 12.5 Å². The normalized spacial score (nSPS) is 24.3. The van der Waals surface area contributed by atoms with Gasteiger partial charge in [0.2, 0.25) is 0 Å². The van der Waals surface area contributed by atoms with Gasteiger partial charge in [0, 0.05) is 24.9 Å². The zero-order valence-electron chi connectivity index (χ0n) is 12.0. The lowest BCUT2D eigenvalue weighted by atomic mass is 9.84. The highest BCUT2D eigenvalue weighted by Gasteiger charge is 2.38. The molecule has 2 aromatic rings. The van der Waals surface area contributed by atoms with Crippen LogP contribution in [0.1, 0.15) is 28.5 Å². The minimum absolute atomic E-state index is 0.541. The largest absolute Gasteiger partial charge is 0.457 e. The fourth-order valence-corrected chi connectivity index (χ4v) is 3.67. The second-order valence-electron chi connectivity index (χ2n) is 6.12. The Morgan fingerprint density at radius 3 is 2.45 bits per heavy atom. The maximum absolute atomic E-state index is 6.24. The van der Waals surface area contributed by atoms with Crippen molar-refractivity contribution >= 4 is 0 Å². The quantitative estimate of drug-likeness (QED) is 0.716. The number of nitrogens with zero attached hydrogens (tertiary/aromatic N) is 1. The van der Waals surface area contributed by atoms with Gasteiger partial charge in [-0.3, -0.25) is 0 Å². The van der Waals surface area contributed by atoms with Crippen LogP contribution in [0.15, 0.2) is 42.5 Å². The van der Waals surface area contributed by atoms with Crippen molar-refractivity contribution in [2.45, 2.75) is 18.8 Å². The summed E-state index contributed by atoms with van der Waals surface area (Å²) in [4.78, 5) is 2.43. The molecule has 0 saturated carbocycles. The van der Waals surface area contributed by atoms with E-state index in [9.17, 15) is 0 Å². The summed E-state index contributed by atoms with van der Waals surface area (Å²) in [7, 11) is 2.21. The molecule has 0 amide bonds. The Kier molecular flexibility index (Phi) is 2.61. The molecule has 2 atom stereocenters. The van der Waals surface area contributed by atoms with Crippen molar-refractivity contribution in [3.8, 4) is 11.5 Å². The van der Waals surface area contributed by atoms with E-state index in [1.165, 1.54) is 16.7 Å². The summed E-state index contributed by atoms with van der Waals surface area (Å²) >= 11 is 0. The van der Waals surface area contributed by atoms with E-state index in [2.05, 4.69) is 61.3 Å². The van der Waals surface area contributed by atoms with E-state index in [-0.39, 0.29) is 0 Å². The number of hydrogen-bond acceptors (Lipinski definition) is 2. The van der Waals surface area contributed by atoms with Gasteiger partial charge >= 0.3 is 0 Å². The molecular formula is C18H19NO. The Morgan fingerprint density at radius 1 is 0.950 bits per heavy atom. The molecule has 0 bridgehead atoms. The lowest BCUT2D eigenvalue weighted by Crippen LogP contribution is -2.14. The molecule has 2 nitrogen and oxygen atoms in total. The molecule has 0 N–H and O–H groups in total. The number of fused-ring (bicyclic) bond motifs is 5. The van der Waals surface area contributed by atoms with Gasteiger partial charge < -0.3 is 9.64 Å². The van der Waals surface area contributed by atoms with Crippen LogP contribution in [0.4, 0.5) is 0 Å². The summed E-state index contributed by atoms with van der Waals surface area (Å²) < 4.78 is 6.24. The molecule has 0 spiro atoms. The first-order valence-electron chi connectivity index (χ1n) is 7.28. The van der Waals surface area contributed by atoms with Crippen LogP contribution in [-0.2, 0) is 0 Å². The van der Waals surface area contributed by atoms with Crippen LogP contribution in [0.5, 0.6) is 11.5 Å². The Hall–Kier alpha value is -1.80. The number of likely N-dealkylation sites (N-methyl/N-ethyl adjacent to an activating group) is 1. The smallest absolute Gasteiger partial charge is 0.131 e. The summed E-state index contributed by atoms with van der Waals surface area (Å²) in [6.07, 6.45) is 0. The van der Waals surface area contributed by atoms with Crippen LogP contribution in [0.3, 0.4) is 0 Å². The summed E-state index contributed by atoms with van der Waals surface area (Å²) in [5, 5.41) is 0. The molecule has 102 valence electrons. The van der Waals surface area contributed by atoms with Crippen LogP contribution in [0, 0.1) is 6.92 Å². The third-order valence-corrected chi connectivity index (χ3v) is 4.61. The second kappa shape index (κ2) is 4.35. The molecule has 4 rings (SSSR count). The highest BCUT2D eigenvalue weighted by Crippen LogP contribution is 2.49. The molecular weight excluding hydrogens is 246 g/mol. The molecule has 2 aromatic carbocycles. The maximum Gasteiger partial charge on any atom is 0.131 e. The van der Waals surface area contributed by atoms with Crippen molar-refractivity contribution in [1.29, 1.82) is 0 Å². The summed E-state index contributed by atoms with van der Waals surface area (Å²) in [6, 6.07) is 15.1. The molecule has 0 radical (unpaired) electrons. The third-order valence-electron chi connectivity index (χ3n) is 4.61. The fourth-order valence-electron chi connectivity index (χ4n) is 3.67. The molecule has 2 aliphatic heterocycles. The van der Waals surface area contributed by atoms with Gasteiger partial charge in [0.05, 0.1) is 0 Å². The minimum Gasteiger partial charge on any atom is -0.457 e. The van der Waals surface area contributed by atoms with Crippen LogP contribution in [0.25, 0.3) is 0 Å². The predicted molar refractivity (Wildman–Crippen MR) is 80.7 cm³/mol. The van der Waals surface area contributed by atoms with Crippen molar-refractivity contribution in [2.24, 2.45) is 0 Å². The Labute approximate surface area is 120 Å². The summed E-state index contributed by atoms with van der Waals surface area (Å²) in [6.45, 7) is 4.34. The number of likely N-dealkylation sites (tertiary alicyclic amines) is 1. The van der Waals surface area contributed by atoms with E-state index >= 15 is 0 Å². The zero-order valence-corrected chi connectivity index (χ0v) is 12.0. The molecule has 1 saturated heterocycles. The van der Waals surface area contributed by atoms with Crippen LogP contribution >= 0.6 is 0 Å². The average molecular weight is 265 g/mol. The van der Waals surface area contributed by atoms with Crippen molar-refractivity contribution in [3.63, 3.8) is 0 Å². The number of rotatable bonds is 0. The van der Waals surface area contributed by atoms with Gasteiger partial charge in [0.15, 0.2) is 0 Å². The van der Waals surface area contributed by atoms with Gasteiger partial charge in [-0.1, -0.05) is 30.3 Å². The molecule has 2 unspecified atom stereocenters. The van der Waals surface area contributed by atoms with Crippen molar-refractivity contribution in [3.05, 3.63) is 59.2 Å². The van der Waals surface area contributed by atoms with E-state index in [4.69, 9.17) is 4.74 Å². The van der Waals surface area contributed by atoms with Gasteiger partial charge in [-0.15, -0.1) is 0 Å². The Morgan fingerprint density at radius 2 is 1.65 bits per heavy atom. The van der Waals surface area contributed by atoms with Gasteiger partial charge in [-0.05, 0) is 42.8 Å². The lowest BCUT2D eigenvalue weighted by molar-refractivity contribution is 0.401. The van der Waals surface area contributed by atoms with Crippen molar-refractivity contribution < 1.29 is 4.74 Å². The molecule has 2 aliphatic rings. The van der Waals surface area contributed by atoms with Crippen LogP contribution < -0.4 is 4.74 Å².